The quantitative estimate of drug-likeness (QED) is 0.205. The fourth-order valence-electron chi connectivity index (χ4n) is 5.85. The van der Waals surface area contributed by atoms with Crippen molar-refractivity contribution in [3.63, 3.8) is 0 Å². The van der Waals surface area contributed by atoms with Crippen LogP contribution >= 0.6 is 0 Å². The highest BCUT2D eigenvalue weighted by Crippen LogP contribution is 2.37. The number of para-hydroxylation sites is 1. The first-order chi connectivity index (χ1) is 20.6. The van der Waals surface area contributed by atoms with Crippen LogP contribution in [-0.4, -0.2) is 34.7 Å². The van der Waals surface area contributed by atoms with Crippen molar-refractivity contribution in [3.8, 4) is 5.69 Å². The first-order valence-corrected chi connectivity index (χ1v) is 15.2. The van der Waals surface area contributed by atoms with Crippen LogP contribution in [0.1, 0.15) is 67.5 Å². The predicted octanol–water partition coefficient (Wildman–Crippen LogP) is 7.33. The summed E-state index contributed by atoms with van der Waals surface area (Å²) in [5.41, 5.74) is 6.37. The van der Waals surface area contributed by atoms with Crippen molar-refractivity contribution in [2.45, 2.75) is 65.2 Å². The Labute approximate surface area is 255 Å². The number of anilines is 2. The minimum absolute atomic E-state index is 0.183. The van der Waals surface area contributed by atoms with Gasteiger partial charge in [0.1, 0.15) is 11.6 Å². The Bertz CT molecular complexity index is 1580. The second kappa shape index (κ2) is 13.0. The van der Waals surface area contributed by atoms with E-state index in [0.717, 1.165) is 59.6 Å². The molecule has 1 atom stereocenters. The van der Waals surface area contributed by atoms with Gasteiger partial charge in [-0.25, -0.2) is 9.48 Å². The molecule has 1 aliphatic heterocycles. The normalized spacial score (nSPS) is 14.7. The van der Waals surface area contributed by atoms with Crippen molar-refractivity contribution in [2.24, 2.45) is 5.92 Å². The second-order valence-electron chi connectivity index (χ2n) is 12.7. The van der Waals surface area contributed by atoms with Gasteiger partial charge in [0.25, 0.3) is 0 Å². The number of aryl methyl sites for hydroxylation is 2. The van der Waals surface area contributed by atoms with E-state index < -0.39 is 0 Å². The Morgan fingerprint density at radius 3 is 2.30 bits per heavy atom. The van der Waals surface area contributed by atoms with E-state index in [0.29, 0.717) is 17.9 Å². The zero-order chi connectivity index (χ0) is 30.6. The van der Waals surface area contributed by atoms with Crippen LogP contribution < -0.4 is 16.0 Å². The number of carbonyl (C=O) groups is 2. The van der Waals surface area contributed by atoms with Crippen molar-refractivity contribution in [1.82, 2.24) is 15.1 Å². The Balaban J connectivity index is 1.43. The number of Topliss-reactive ketones (excluding diaryl/α,β-unsaturated/α-hetero) is 1. The third-order valence-electron chi connectivity index (χ3n) is 8.37. The van der Waals surface area contributed by atoms with Crippen molar-refractivity contribution < 1.29 is 9.59 Å². The van der Waals surface area contributed by atoms with E-state index in [1.165, 1.54) is 0 Å². The molecule has 0 saturated carbocycles. The van der Waals surface area contributed by atoms with Gasteiger partial charge in [-0.3, -0.25) is 10.1 Å². The Morgan fingerprint density at radius 2 is 1.60 bits per heavy atom. The first kappa shape index (κ1) is 30.2. The van der Waals surface area contributed by atoms with Crippen LogP contribution in [0.3, 0.4) is 0 Å². The summed E-state index contributed by atoms with van der Waals surface area (Å²) in [4.78, 5) is 27.6. The lowest BCUT2D eigenvalue weighted by Gasteiger charge is -2.31. The zero-order valence-electron chi connectivity index (χ0n) is 25.9. The van der Waals surface area contributed by atoms with Gasteiger partial charge in [-0.1, -0.05) is 80.9 Å². The number of carbonyl (C=O) groups excluding carboxylic acids is 2. The number of hydrogen-bond acceptors (Lipinski definition) is 4. The maximum absolute atomic E-state index is 14.1. The predicted molar refractivity (Wildman–Crippen MR) is 174 cm³/mol. The molecule has 5 rings (SSSR count). The Kier molecular flexibility index (Phi) is 9.11. The molecule has 7 heteroatoms. The summed E-state index contributed by atoms with van der Waals surface area (Å²) in [6.45, 7) is 12.2. The number of nitrogens with zero attached hydrogens (tertiary/aromatic N) is 2. The van der Waals surface area contributed by atoms with E-state index in [1.54, 1.807) is 4.68 Å². The molecule has 3 N–H and O–H groups in total. The van der Waals surface area contributed by atoms with Crippen molar-refractivity contribution in [1.29, 1.82) is 0 Å². The van der Waals surface area contributed by atoms with Gasteiger partial charge in [0, 0.05) is 29.5 Å². The molecular weight excluding hydrogens is 534 g/mol. The third kappa shape index (κ3) is 7.23. The molecule has 1 aliphatic rings. The van der Waals surface area contributed by atoms with Gasteiger partial charge >= 0.3 is 6.03 Å². The number of nitrogens with one attached hydrogen (secondary N) is 3. The molecule has 0 spiro atoms. The number of aromatic nitrogens is 2. The number of amides is 2. The summed E-state index contributed by atoms with van der Waals surface area (Å²) in [6.07, 6.45) is 2.19. The average molecular weight is 578 g/mol. The van der Waals surface area contributed by atoms with E-state index in [2.05, 4.69) is 36.7 Å². The largest absolute Gasteiger partial charge is 0.324 e. The fourth-order valence-corrected chi connectivity index (χ4v) is 5.85. The SMILES string of the molecule is Cc1ccc(-n2nc(C(C)(C)C)cc2NC(=O)Nc2ccccc2C(C(=O)Cc2ccccc2C)C2CCNCC2)cc1. The van der Waals surface area contributed by atoms with Gasteiger partial charge < -0.3 is 10.6 Å². The van der Waals surface area contributed by atoms with Crippen LogP contribution in [0.4, 0.5) is 16.3 Å². The molecule has 3 aromatic carbocycles. The highest BCUT2D eigenvalue weighted by molar-refractivity contribution is 6.01. The lowest BCUT2D eigenvalue weighted by Crippen LogP contribution is -2.34. The molecule has 0 bridgehead atoms. The molecule has 2 heterocycles. The highest BCUT2D eigenvalue weighted by Gasteiger charge is 2.33. The van der Waals surface area contributed by atoms with Gasteiger partial charge in [0.05, 0.1) is 11.4 Å². The number of urea groups is 1. The van der Waals surface area contributed by atoms with Crippen molar-refractivity contribution in [2.75, 3.05) is 23.7 Å². The van der Waals surface area contributed by atoms with Gasteiger partial charge in [0.2, 0.25) is 0 Å². The fraction of sp³-hybridized carbons (Fsp3) is 0.361. The molecule has 224 valence electrons. The molecule has 1 aromatic heterocycles. The maximum atomic E-state index is 14.1. The van der Waals surface area contributed by atoms with E-state index in [9.17, 15) is 9.59 Å². The average Bonchev–Trinajstić information content (AvgIpc) is 3.40. The minimum Gasteiger partial charge on any atom is -0.317 e. The minimum atomic E-state index is -0.378. The molecule has 1 saturated heterocycles. The number of ketones is 1. The van der Waals surface area contributed by atoms with Crippen LogP contribution in [0, 0.1) is 19.8 Å². The lowest BCUT2D eigenvalue weighted by atomic mass is 9.76. The molecule has 0 radical (unpaired) electrons. The van der Waals surface area contributed by atoms with E-state index in [-0.39, 0.29) is 29.1 Å². The molecule has 43 heavy (non-hydrogen) atoms. The zero-order valence-corrected chi connectivity index (χ0v) is 25.9. The summed E-state index contributed by atoms with van der Waals surface area (Å²) < 4.78 is 1.77. The van der Waals surface area contributed by atoms with Crippen LogP contribution in [0.2, 0.25) is 0 Å². The van der Waals surface area contributed by atoms with Crippen molar-refractivity contribution >= 4 is 23.3 Å². The summed E-state index contributed by atoms with van der Waals surface area (Å²) >= 11 is 0. The van der Waals surface area contributed by atoms with Gasteiger partial charge in [-0.2, -0.15) is 5.10 Å². The Hall–Kier alpha value is -4.23. The van der Waals surface area contributed by atoms with Crippen LogP contribution in [0.5, 0.6) is 0 Å². The van der Waals surface area contributed by atoms with E-state index >= 15 is 0 Å². The molecule has 2 amide bonds. The monoisotopic (exact) mass is 577 g/mol. The second-order valence-corrected chi connectivity index (χ2v) is 12.7. The molecule has 1 fully saturated rings. The summed E-state index contributed by atoms with van der Waals surface area (Å²) in [5, 5.41) is 14.4. The lowest BCUT2D eigenvalue weighted by molar-refractivity contribution is -0.121. The topological polar surface area (TPSA) is 88.1 Å². The molecule has 7 nitrogen and oxygen atoms in total. The molecule has 1 unspecified atom stereocenters. The van der Waals surface area contributed by atoms with Crippen molar-refractivity contribution in [3.05, 3.63) is 107 Å². The summed E-state index contributed by atoms with van der Waals surface area (Å²) in [5.74, 6) is 0.641. The number of benzene rings is 3. The smallest absolute Gasteiger partial charge is 0.317 e. The summed E-state index contributed by atoms with van der Waals surface area (Å²) in [6, 6.07) is 25.4. The highest BCUT2D eigenvalue weighted by atomic mass is 16.2. The van der Waals surface area contributed by atoms with Crippen LogP contribution in [-0.2, 0) is 16.6 Å². The van der Waals surface area contributed by atoms with Crippen LogP contribution in [0.25, 0.3) is 5.69 Å². The van der Waals surface area contributed by atoms with E-state index in [1.807, 2.05) is 92.7 Å². The number of piperidine rings is 1. The van der Waals surface area contributed by atoms with Gasteiger partial charge in [0.15, 0.2) is 0 Å². The molecule has 0 aliphatic carbocycles. The maximum Gasteiger partial charge on any atom is 0.324 e. The third-order valence-corrected chi connectivity index (χ3v) is 8.37. The Morgan fingerprint density at radius 1 is 0.930 bits per heavy atom. The molecule has 4 aromatic rings. The number of hydrogen-bond donors (Lipinski definition) is 3. The standard InChI is InChI=1S/C36H43N5O2/c1-24-14-16-28(17-15-24)41-33(23-32(40-41)36(3,4)5)39-35(43)38-30-13-9-8-12-29(30)34(26-18-20-37-21-19-26)31(42)22-27-11-7-6-10-25(27)2/h6-17,23,26,34,37H,18-22H2,1-5H3,(H2,38,39,43). The number of rotatable bonds is 8. The van der Waals surface area contributed by atoms with E-state index in [4.69, 9.17) is 5.10 Å². The molecular formula is C36H43N5O2. The van der Waals surface area contributed by atoms with Gasteiger partial charge in [-0.05, 0) is 80.6 Å². The van der Waals surface area contributed by atoms with Crippen LogP contribution in [0.15, 0.2) is 78.9 Å². The first-order valence-electron chi connectivity index (χ1n) is 15.2. The van der Waals surface area contributed by atoms with Gasteiger partial charge in [-0.15, -0.1) is 0 Å². The summed E-state index contributed by atoms with van der Waals surface area (Å²) in [7, 11) is 0.